The summed E-state index contributed by atoms with van der Waals surface area (Å²) in [5, 5.41) is 0. The summed E-state index contributed by atoms with van der Waals surface area (Å²) >= 11 is 1.45. The van der Waals surface area contributed by atoms with E-state index < -0.39 is 6.16 Å². The SMILES string of the molecule is CSC(C)OC(=O)O[N+](C)(C)C. The molecule has 0 saturated heterocycles. The van der Waals surface area contributed by atoms with Crippen LogP contribution in [0.3, 0.4) is 0 Å². The van der Waals surface area contributed by atoms with Crippen molar-refractivity contribution >= 4 is 17.9 Å². The predicted octanol–water partition coefficient (Wildman–Crippen LogP) is 1.47. The molecular formula is C7H16NO3S+. The maximum atomic E-state index is 11.0. The number of carbonyl (C=O) groups excluding carboxylic acids is 1. The highest BCUT2D eigenvalue weighted by Gasteiger charge is 2.19. The first-order valence-corrected chi connectivity index (χ1v) is 4.88. The monoisotopic (exact) mass is 194 g/mol. The van der Waals surface area contributed by atoms with E-state index in [0.29, 0.717) is 0 Å². The van der Waals surface area contributed by atoms with Crippen molar-refractivity contribution in [1.82, 2.24) is 0 Å². The predicted molar refractivity (Wildman–Crippen MR) is 48.6 cm³/mol. The summed E-state index contributed by atoms with van der Waals surface area (Å²) in [6, 6.07) is 0. The normalized spacial score (nSPS) is 13.8. The van der Waals surface area contributed by atoms with Gasteiger partial charge in [0.05, 0.1) is 0 Å². The molecule has 0 saturated carbocycles. The topological polar surface area (TPSA) is 35.5 Å². The maximum Gasteiger partial charge on any atom is 0.560 e. The van der Waals surface area contributed by atoms with Gasteiger partial charge in [-0.05, 0) is 13.2 Å². The molecule has 0 aliphatic rings. The van der Waals surface area contributed by atoms with E-state index in [-0.39, 0.29) is 10.1 Å². The molecule has 0 N–H and O–H groups in total. The smallest absolute Gasteiger partial charge is 0.417 e. The van der Waals surface area contributed by atoms with E-state index in [0.717, 1.165) is 0 Å². The molecule has 0 rings (SSSR count). The van der Waals surface area contributed by atoms with E-state index in [1.807, 2.05) is 6.26 Å². The molecule has 0 aliphatic heterocycles. The zero-order valence-electron chi connectivity index (χ0n) is 8.16. The van der Waals surface area contributed by atoms with Crippen LogP contribution in [0.25, 0.3) is 0 Å². The lowest BCUT2D eigenvalue weighted by Crippen LogP contribution is -2.37. The van der Waals surface area contributed by atoms with Crippen LogP contribution in [0.4, 0.5) is 4.79 Å². The molecule has 0 spiro atoms. The number of hydrogen-bond donors (Lipinski definition) is 0. The van der Waals surface area contributed by atoms with Crippen LogP contribution in [0.1, 0.15) is 6.92 Å². The fourth-order valence-electron chi connectivity index (χ4n) is 0.429. The largest absolute Gasteiger partial charge is 0.560 e. The fraction of sp³-hybridized carbons (Fsp3) is 0.857. The Morgan fingerprint density at radius 2 is 1.92 bits per heavy atom. The Morgan fingerprint density at radius 3 is 2.25 bits per heavy atom. The van der Waals surface area contributed by atoms with E-state index >= 15 is 0 Å². The van der Waals surface area contributed by atoms with Crippen LogP contribution in [0, 0.1) is 0 Å². The lowest BCUT2D eigenvalue weighted by molar-refractivity contribution is -1.04. The third-order valence-electron chi connectivity index (χ3n) is 0.943. The summed E-state index contributed by atoms with van der Waals surface area (Å²) in [5.74, 6) is 0. The summed E-state index contributed by atoms with van der Waals surface area (Å²) < 4.78 is 4.97. The number of nitrogens with zero attached hydrogens (tertiary/aromatic N) is 1. The molecule has 0 aromatic rings. The summed E-state index contributed by atoms with van der Waals surface area (Å²) in [6.45, 7) is 1.79. The number of thioether (sulfide) groups is 1. The number of rotatable bonds is 3. The number of carbonyl (C=O) groups is 1. The minimum absolute atomic E-state index is 0.111. The Labute approximate surface area is 77.4 Å². The van der Waals surface area contributed by atoms with Crippen molar-refractivity contribution in [2.45, 2.75) is 12.4 Å². The quantitative estimate of drug-likeness (QED) is 0.295. The molecule has 72 valence electrons. The summed E-state index contributed by atoms with van der Waals surface area (Å²) in [6.07, 6.45) is 1.23. The molecule has 0 aliphatic carbocycles. The molecule has 0 bridgehead atoms. The highest BCUT2D eigenvalue weighted by Crippen LogP contribution is 2.08. The number of ether oxygens (including phenoxy) is 1. The molecule has 1 unspecified atom stereocenters. The first-order chi connectivity index (χ1) is 5.35. The van der Waals surface area contributed by atoms with Crippen molar-refractivity contribution in [2.75, 3.05) is 27.4 Å². The van der Waals surface area contributed by atoms with Crippen LogP contribution in [0.15, 0.2) is 0 Å². The summed E-state index contributed by atoms with van der Waals surface area (Å²) in [4.78, 5) is 15.8. The van der Waals surface area contributed by atoms with Gasteiger partial charge in [0.15, 0.2) is 0 Å². The molecule has 0 aromatic heterocycles. The number of quaternary nitrogens is 1. The Morgan fingerprint density at radius 1 is 1.42 bits per heavy atom. The molecule has 0 heterocycles. The van der Waals surface area contributed by atoms with Gasteiger partial charge in [-0.2, -0.15) is 4.79 Å². The maximum absolute atomic E-state index is 11.0. The molecule has 1 atom stereocenters. The van der Waals surface area contributed by atoms with Crippen molar-refractivity contribution in [3.05, 3.63) is 0 Å². The van der Waals surface area contributed by atoms with Crippen LogP contribution in [-0.4, -0.2) is 43.6 Å². The number of hydroxylamine groups is 3. The third-order valence-corrected chi connectivity index (χ3v) is 1.70. The Hall–Kier alpha value is -0.420. The second-order valence-corrected chi connectivity index (χ2v) is 4.29. The Bertz CT molecular complexity index is 155. The molecule has 4 nitrogen and oxygen atoms in total. The molecule has 12 heavy (non-hydrogen) atoms. The van der Waals surface area contributed by atoms with E-state index in [1.165, 1.54) is 11.8 Å². The summed E-state index contributed by atoms with van der Waals surface area (Å²) in [5.41, 5.74) is -0.163. The van der Waals surface area contributed by atoms with Crippen molar-refractivity contribution < 1.29 is 19.0 Å². The second-order valence-electron chi connectivity index (χ2n) is 3.15. The first kappa shape index (κ1) is 11.6. The van der Waals surface area contributed by atoms with Gasteiger partial charge in [0, 0.05) is 0 Å². The van der Waals surface area contributed by atoms with Crippen LogP contribution >= 0.6 is 11.8 Å². The molecule has 5 heteroatoms. The lowest BCUT2D eigenvalue weighted by atomic mass is 10.8. The lowest BCUT2D eigenvalue weighted by Gasteiger charge is -2.20. The van der Waals surface area contributed by atoms with Crippen molar-refractivity contribution in [3.63, 3.8) is 0 Å². The zero-order valence-corrected chi connectivity index (χ0v) is 8.97. The molecule has 0 aromatic carbocycles. The van der Waals surface area contributed by atoms with Gasteiger partial charge in [0.1, 0.15) is 26.6 Å². The Kier molecular flexibility index (Phi) is 4.41. The van der Waals surface area contributed by atoms with Crippen LogP contribution in [-0.2, 0) is 9.57 Å². The molecule has 0 radical (unpaired) electrons. The van der Waals surface area contributed by atoms with Gasteiger partial charge >= 0.3 is 6.16 Å². The fourth-order valence-corrected chi connectivity index (χ4v) is 0.604. The first-order valence-electron chi connectivity index (χ1n) is 3.59. The second kappa shape index (κ2) is 4.57. The average molecular weight is 194 g/mol. The van der Waals surface area contributed by atoms with Crippen LogP contribution in [0.5, 0.6) is 0 Å². The van der Waals surface area contributed by atoms with Crippen molar-refractivity contribution in [1.29, 1.82) is 0 Å². The van der Waals surface area contributed by atoms with E-state index in [9.17, 15) is 4.79 Å². The summed E-state index contributed by atoms with van der Waals surface area (Å²) in [7, 11) is 5.22. The van der Waals surface area contributed by atoms with Gasteiger partial charge in [0.25, 0.3) is 0 Å². The van der Waals surface area contributed by atoms with Crippen molar-refractivity contribution in [3.8, 4) is 0 Å². The molecule has 0 amide bonds. The highest BCUT2D eigenvalue weighted by atomic mass is 32.2. The minimum Gasteiger partial charge on any atom is -0.417 e. The van der Waals surface area contributed by atoms with Gasteiger partial charge < -0.3 is 4.74 Å². The highest BCUT2D eigenvalue weighted by molar-refractivity contribution is 7.99. The standard InChI is InChI=1S/C7H16NO3S/c1-6(12-5)10-7(9)11-8(2,3)4/h6H,1-5H3/q+1. The van der Waals surface area contributed by atoms with E-state index in [4.69, 9.17) is 9.57 Å². The third kappa shape index (κ3) is 6.30. The van der Waals surface area contributed by atoms with Crippen LogP contribution in [0.2, 0.25) is 0 Å². The van der Waals surface area contributed by atoms with Crippen LogP contribution < -0.4 is 0 Å². The average Bonchev–Trinajstić information content (AvgIpc) is 1.82. The molecule has 0 fully saturated rings. The van der Waals surface area contributed by atoms with Gasteiger partial charge in [0.2, 0.25) is 0 Å². The van der Waals surface area contributed by atoms with Gasteiger partial charge in [-0.3, -0.25) is 0 Å². The minimum atomic E-state index is -0.635. The van der Waals surface area contributed by atoms with E-state index in [1.54, 1.807) is 28.1 Å². The van der Waals surface area contributed by atoms with Gasteiger partial charge in [-0.15, -0.1) is 16.4 Å². The van der Waals surface area contributed by atoms with Gasteiger partial charge in [-0.25, -0.2) is 4.84 Å². The Balaban J connectivity index is 3.75. The number of hydrogen-bond acceptors (Lipinski definition) is 4. The molecular weight excluding hydrogens is 178 g/mol. The van der Waals surface area contributed by atoms with Gasteiger partial charge in [-0.1, -0.05) is 0 Å². The van der Waals surface area contributed by atoms with Crippen molar-refractivity contribution in [2.24, 2.45) is 0 Å². The zero-order chi connectivity index (χ0) is 9.78. The van der Waals surface area contributed by atoms with E-state index in [2.05, 4.69) is 0 Å².